The van der Waals surface area contributed by atoms with Crippen LogP contribution in [0.1, 0.15) is 11.6 Å². The van der Waals surface area contributed by atoms with E-state index in [1.807, 2.05) is 23.1 Å². The number of nitrogens with one attached hydrogen (secondary N) is 1. The lowest BCUT2D eigenvalue weighted by molar-refractivity contribution is -0.145. The zero-order valence-corrected chi connectivity index (χ0v) is 12.4. The number of morpholine rings is 1. The number of fused-ring (bicyclic) bond motifs is 1. The Hall–Kier alpha value is -1.37. The van der Waals surface area contributed by atoms with Crippen molar-refractivity contribution < 1.29 is 14.6 Å². The number of rotatable bonds is 3. The average Bonchev–Trinajstić information content (AvgIpc) is 2.83. The number of aromatic amines is 1. The van der Waals surface area contributed by atoms with E-state index in [2.05, 4.69) is 20.9 Å². The number of aliphatic carboxylic acids is 1. The first-order valence-corrected chi connectivity index (χ1v) is 7.27. The second-order valence-corrected chi connectivity index (χ2v) is 5.74. The van der Waals surface area contributed by atoms with Gasteiger partial charge in [0, 0.05) is 40.2 Å². The fraction of sp³-hybridized carbons (Fsp3) is 0.357. The van der Waals surface area contributed by atoms with Crippen molar-refractivity contribution in [2.24, 2.45) is 0 Å². The molecule has 0 bridgehead atoms. The quantitative estimate of drug-likeness (QED) is 0.901. The van der Waals surface area contributed by atoms with Crippen LogP contribution in [0, 0.1) is 0 Å². The van der Waals surface area contributed by atoms with Crippen LogP contribution in [0.2, 0.25) is 0 Å². The molecule has 1 saturated heterocycles. The van der Waals surface area contributed by atoms with Crippen LogP contribution in [0.3, 0.4) is 0 Å². The molecule has 1 aliphatic rings. The second-order valence-electron chi connectivity index (χ2n) is 4.82. The van der Waals surface area contributed by atoms with Crippen LogP contribution in [-0.2, 0) is 9.53 Å². The molecule has 2 N–H and O–H groups in total. The molecule has 1 fully saturated rings. The monoisotopic (exact) mass is 338 g/mol. The Morgan fingerprint density at radius 2 is 2.15 bits per heavy atom. The summed E-state index contributed by atoms with van der Waals surface area (Å²) < 4.78 is 6.25. The second kappa shape index (κ2) is 5.55. The molecule has 6 heteroatoms. The number of halogens is 1. The first kappa shape index (κ1) is 13.6. The summed E-state index contributed by atoms with van der Waals surface area (Å²) in [5, 5.41) is 10.6. The van der Waals surface area contributed by atoms with Crippen molar-refractivity contribution in [2.45, 2.75) is 6.04 Å². The fourth-order valence-corrected chi connectivity index (χ4v) is 3.02. The minimum absolute atomic E-state index is 0.579. The maximum absolute atomic E-state index is 11.7. The third kappa shape index (κ3) is 2.46. The maximum Gasteiger partial charge on any atom is 0.325 e. The lowest BCUT2D eigenvalue weighted by atomic mass is 10.0. The topological polar surface area (TPSA) is 65.6 Å². The summed E-state index contributed by atoms with van der Waals surface area (Å²) in [4.78, 5) is 16.8. The van der Waals surface area contributed by atoms with E-state index in [9.17, 15) is 9.90 Å². The van der Waals surface area contributed by atoms with Gasteiger partial charge in [-0.15, -0.1) is 0 Å². The third-order valence-electron chi connectivity index (χ3n) is 3.62. The number of H-pyrrole nitrogens is 1. The van der Waals surface area contributed by atoms with E-state index in [1.165, 1.54) is 0 Å². The summed E-state index contributed by atoms with van der Waals surface area (Å²) in [5.74, 6) is -0.826. The molecule has 0 amide bonds. The highest BCUT2D eigenvalue weighted by molar-refractivity contribution is 9.10. The molecule has 1 aromatic heterocycles. The van der Waals surface area contributed by atoms with Gasteiger partial charge >= 0.3 is 5.97 Å². The van der Waals surface area contributed by atoms with Crippen LogP contribution >= 0.6 is 15.9 Å². The zero-order valence-electron chi connectivity index (χ0n) is 10.8. The Labute approximate surface area is 124 Å². The molecule has 0 unspecified atom stereocenters. The molecule has 0 spiro atoms. The minimum Gasteiger partial charge on any atom is -0.480 e. The summed E-state index contributed by atoms with van der Waals surface area (Å²) in [6.45, 7) is 2.43. The number of carbonyl (C=O) groups is 1. The number of hydrogen-bond donors (Lipinski definition) is 2. The SMILES string of the molecule is O=C(O)[C@@H](c1c[nH]c2ccc(Br)cc12)N1CCOCC1. The Morgan fingerprint density at radius 1 is 1.40 bits per heavy atom. The van der Waals surface area contributed by atoms with E-state index in [0.29, 0.717) is 26.3 Å². The van der Waals surface area contributed by atoms with Crippen molar-refractivity contribution in [1.82, 2.24) is 9.88 Å². The first-order chi connectivity index (χ1) is 9.66. The predicted molar refractivity (Wildman–Crippen MR) is 78.8 cm³/mol. The molecule has 5 nitrogen and oxygen atoms in total. The lowest BCUT2D eigenvalue weighted by Crippen LogP contribution is -2.42. The largest absolute Gasteiger partial charge is 0.480 e. The standard InChI is InChI=1S/C14H15BrN2O3/c15-9-1-2-12-10(7-9)11(8-16-12)13(14(18)19)17-3-5-20-6-4-17/h1-2,7-8,13,16H,3-6H2,(H,18,19)/t13-/m1/s1. The predicted octanol–water partition coefficient (Wildman–Crippen LogP) is 2.39. The molecule has 1 aromatic carbocycles. The average molecular weight is 339 g/mol. The van der Waals surface area contributed by atoms with Gasteiger partial charge in [0.2, 0.25) is 0 Å². The Kier molecular flexibility index (Phi) is 3.78. The van der Waals surface area contributed by atoms with E-state index in [0.717, 1.165) is 20.9 Å². The normalized spacial score (nSPS) is 18.2. The Morgan fingerprint density at radius 3 is 2.85 bits per heavy atom. The van der Waals surface area contributed by atoms with Gasteiger partial charge in [-0.25, -0.2) is 0 Å². The molecule has 0 saturated carbocycles. The van der Waals surface area contributed by atoms with E-state index < -0.39 is 12.0 Å². The molecule has 3 rings (SSSR count). The van der Waals surface area contributed by atoms with Gasteiger partial charge in [-0.05, 0) is 18.2 Å². The van der Waals surface area contributed by atoms with Crippen LogP contribution in [0.15, 0.2) is 28.9 Å². The summed E-state index contributed by atoms with van der Waals surface area (Å²) in [7, 11) is 0. The highest BCUT2D eigenvalue weighted by Crippen LogP contribution is 2.31. The van der Waals surface area contributed by atoms with E-state index >= 15 is 0 Å². The van der Waals surface area contributed by atoms with Gasteiger partial charge in [0.05, 0.1) is 13.2 Å². The van der Waals surface area contributed by atoms with Crippen molar-refractivity contribution >= 4 is 32.8 Å². The van der Waals surface area contributed by atoms with Crippen molar-refractivity contribution in [3.8, 4) is 0 Å². The van der Waals surface area contributed by atoms with Crippen LogP contribution in [0.5, 0.6) is 0 Å². The fourth-order valence-electron chi connectivity index (χ4n) is 2.66. The summed E-state index contributed by atoms with van der Waals surface area (Å²) in [6, 6.07) is 5.20. The van der Waals surface area contributed by atoms with Gasteiger partial charge in [-0.2, -0.15) is 0 Å². The van der Waals surface area contributed by atoms with Gasteiger partial charge in [0.15, 0.2) is 0 Å². The number of ether oxygens (including phenoxy) is 1. The van der Waals surface area contributed by atoms with Crippen molar-refractivity contribution in [1.29, 1.82) is 0 Å². The van der Waals surface area contributed by atoms with Gasteiger partial charge in [-0.3, -0.25) is 9.69 Å². The molecule has 1 aliphatic heterocycles. The van der Waals surface area contributed by atoms with Crippen LogP contribution in [-0.4, -0.2) is 47.3 Å². The van der Waals surface area contributed by atoms with E-state index in [-0.39, 0.29) is 0 Å². The van der Waals surface area contributed by atoms with Crippen LogP contribution in [0.4, 0.5) is 0 Å². The lowest BCUT2D eigenvalue weighted by Gasteiger charge is -2.31. The summed E-state index contributed by atoms with van der Waals surface area (Å²) in [5.41, 5.74) is 1.75. The van der Waals surface area contributed by atoms with Crippen LogP contribution < -0.4 is 0 Å². The van der Waals surface area contributed by atoms with E-state index in [1.54, 1.807) is 6.20 Å². The van der Waals surface area contributed by atoms with Gasteiger partial charge in [0.1, 0.15) is 6.04 Å². The number of benzene rings is 1. The molecular formula is C14H15BrN2O3. The molecule has 0 aliphatic carbocycles. The first-order valence-electron chi connectivity index (χ1n) is 6.48. The maximum atomic E-state index is 11.7. The van der Waals surface area contributed by atoms with Gasteiger partial charge < -0.3 is 14.8 Å². The van der Waals surface area contributed by atoms with Crippen molar-refractivity contribution in [3.05, 3.63) is 34.4 Å². The molecule has 2 aromatic rings. The number of carboxylic acids is 1. The minimum atomic E-state index is -0.826. The van der Waals surface area contributed by atoms with Crippen LogP contribution in [0.25, 0.3) is 10.9 Å². The third-order valence-corrected chi connectivity index (χ3v) is 4.11. The molecule has 1 atom stereocenters. The highest BCUT2D eigenvalue weighted by Gasteiger charge is 2.30. The number of hydrogen-bond acceptors (Lipinski definition) is 3. The smallest absolute Gasteiger partial charge is 0.325 e. The highest BCUT2D eigenvalue weighted by atomic mass is 79.9. The zero-order chi connectivity index (χ0) is 14.1. The molecule has 0 radical (unpaired) electrons. The van der Waals surface area contributed by atoms with Crippen molar-refractivity contribution in [3.63, 3.8) is 0 Å². The Balaban J connectivity index is 2.04. The molecule has 2 heterocycles. The van der Waals surface area contributed by atoms with E-state index in [4.69, 9.17) is 4.74 Å². The summed E-state index contributed by atoms with van der Waals surface area (Å²) in [6.07, 6.45) is 1.80. The van der Waals surface area contributed by atoms with Gasteiger partial charge in [0.25, 0.3) is 0 Å². The van der Waals surface area contributed by atoms with Gasteiger partial charge in [-0.1, -0.05) is 15.9 Å². The molecule has 20 heavy (non-hydrogen) atoms. The number of aromatic nitrogens is 1. The summed E-state index contributed by atoms with van der Waals surface area (Å²) >= 11 is 3.44. The van der Waals surface area contributed by atoms with Crippen molar-refractivity contribution in [2.75, 3.05) is 26.3 Å². The molecular weight excluding hydrogens is 324 g/mol. The number of nitrogens with zero attached hydrogens (tertiary/aromatic N) is 1. The molecule has 106 valence electrons. The Bertz CT molecular complexity index is 634. The number of carboxylic acid groups (broad SMARTS) is 1.